The molecule has 7 nitrogen and oxygen atoms in total. The number of fused-ring (bicyclic) bond motifs is 1. The summed E-state index contributed by atoms with van der Waals surface area (Å²) in [6, 6.07) is 11.0. The van der Waals surface area contributed by atoms with E-state index in [-0.39, 0.29) is 11.9 Å². The second-order valence-corrected chi connectivity index (χ2v) is 6.79. The first kappa shape index (κ1) is 20.5. The Kier molecular flexibility index (Phi) is 6.59. The number of amides is 1. The van der Waals surface area contributed by atoms with Crippen molar-refractivity contribution in [3.05, 3.63) is 53.1 Å². The molecule has 0 bridgehead atoms. The van der Waals surface area contributed by atoms with Gasteiger partial charge in [-0.1, -0.05) is 6.07 Å². The van der Waals surface area contributed by atoms with Gasteiger partial charge in [0.15, 0.2) is 11.5 Å². The zero-order valence-electron chi connectivity index (χ0n) is 17.0. The molecule has 0 aromatic heterocycles. The zero-order chi connectivity index (χ0) is 20.8. The van der Waals surface area contributed by atoms with Crippen molar-refractivity contribution in [3.8, 4) is 11.5 Å². The summed E-state index contributed by atoms with van der Waals surface area (Å²) in [7, 11) is 4.58. The quantitative estimate of drug-likeness (QED) is 0.723. The molecule has 1 aliphatic heterocycles. The molecule has 0 radical (unpaired) electrons. The summed E-state index contributed by atoms with van der Waals surface area (Å²) in [4.78, 5) is 26.1. The Bertz CT molecular complexity index is 897. The number of carbonyl (C=O) groups is 2. The molecule has 2 aromatic carbocycles. The standard InChI is InChI=1S/C22H26N2O5/c1-27-19-12-15-8-10-24(14-17(15)13-20(19)28-2)21(25)7-9-23-18-6-4-5-16(11-18)22(26)29-3/h4-6,11-13,23H,7-10,14H2,1-3H3. The van der Waals surface area contributed by atoms with E-state index in [0.717, 1.165) is 17.7 Å². The van der Waals surface area contributed by atoms with Crippen LogP contribution in [0.5, 0.6) is 11.5 Å². The number of hydrogen-bond acceptors (Lipinski definition) is 6. The van der Waals surface area contributed by atoms with Crippen LogP contribution >= 0.6 is 0 Å². The molecule has 0 aliphatic carbocycles. The number of anilines is 1. The predicted octanol–water partition coefficient (Wildman–Crippen LogP) is 2.88. The first-order valence-corrected chi connectivity index (χ1v) is 9.49. The molecule has 2 aromatic rings. The van der Waals surface area contributed by atoms with E-state index in [0.29, 0.717) is 43.1 Å². The molecular formula is C22H26N2O5. The predicted molar refractivity (Wildman–Crippen MR) is 110 cm³/mol. The average Bonchev–Trinajstić information content (AvgIpc) is 2.77. The summed E-state index contributed by atoms with van der Waals surface area (Å²) >= 11 is 0. The van der Waals surface area contributed by atoms with Crippen LogP contribution in [0.4, 0.5) is 5.69 Å². The fourth-order valence-electron chi connectivity index (χ4n) is 3.44. The molecule has 1 amide bonds. The van der Waals surface area contributed by atoms with E-state index in [2.05, 4.69) is 5.32 Å². The van der Waals surface area contributed by atoms with E-state index in [4.69, 9.17) is 14.2 Å². The van der Waals surface area contributed by atoms with Crippen molar-refractivity contribution in [3.63, 3.8) is 0 Å². The smallest absolute Gasteiger partial charge is 0.337 e. The molecule has 3 rings (SSSR count). The molecule has 0 unspecified atom stereocenters. The lowest BCUT2D eigenvalue weighted by atomic mass is 9.98. The second kappa shape index (κ2) is 9.32. The van der Waals surface area contributed by atoms with E-state index in [9.17, 15) is 9.59 Å². The number of nitrogens with zero attached hydrogens (tertiary/aromatic N) is 1. The highest BCUT2D eigenvalue weighted by Crippen LogP contribution is 2.33. The number of carbonyl (C=O) groups excluding carboxylic acids is 2. The van der Waals surface area contributed by atoms with E-state index >= 15 is 0 Å². The molecule has 0 atom stereocenters. The molecule has 0 fully saturated rings. The van der Waals surface area contributed by atoms with Crippen molar-refractivity contribution in [2.75, 3.05) is 39.7 Å². The summed E-state index contributed by atoms with van der Waals surface area (Å²) in [6.07, 6.45) is 1.15. The minimum atomic E-state index is -0.385. The van der Waals surface area contributed by atoms with Gasteiger partial charge >= 0.3 is 5.97 Å². The number of methoxy groups -OCH3 is 3. The average molecular weight is 398 g/mol. The van der Waals surface area contributed by atoms with Crippen LogP contribution in [0.15, 0.2) is 36.4 Å². The van der Waals surface area contributed by atoms with Crippen LogP contribution in [0.25, 0.3) is 0 Å². The maximum atomic E-state index is 12.7. The zero-order valence-corrected chi connectivity index (χ0v) is 17.0. The summed E-state index contributed by atoms with van der Waals surface area (Å²) < 4.78 is 15.5. The van der Waals surface area contributed by atoms with E-state index < -0.39 is 0 Å². The van der Waals surface area contributed by atoms with E-state index in [1.807, 2.05) is 23.1 Å². The first-order valence-electron chi connectivity index (χ1n) is 9.49. The van der Waals surface area contributed by atoms with E-state index in [1.54, 1.807) is 32.4 Å². The SMILES string of the molecule is COC(=O)c1cccc(NCCC(=O)N2CCc3cc(OC)c(OC)cc3C2)c1. The molecule has 1 N–H and O–H groups in total. The molecular weight excluding hydrogens is 372 g/mol. The molecule has 154 valence electrons. The molecule has 0 saturated carbocycles. The number of esters is 1. The van der Waals surface area contributed by atoms with Crippen molar-refractivity contribution < 1.29 is 23.8 Å². The Morgan fingerprint density at radius 3 is 2.45 bits per heavy atom. The maximum Gasteiger partial charge on any atom is 0.337 e. The number of hydrogen-bond donors (Lipinski definition) is 1. The third kappa shape index (κ3) is 4.80. The number of benzene rings is 2. The van der Waals surface area contributed by atoms with E-state index in [1.165, 1.54) is 12.7 Å². The lowest BCUT2D eigenvalue weighted by molar-refractivity contribution is -0.131. The van der Waals surface area contributed by atoms with Crippen molar-refractivity contribution in [2.24, 2.45) is 0 Å². The van der Waals surface area contributed by atoms with Crippen LogP contribution in [0.1, 0.15) is 27.9 Å². The first-order chi connectivity index (χ1) is 14.0. The minimum Gasteiger partial charge on any atom is -0.493 e. The fraction of sp³-hybridized carbons (Fsp3) is 0.364. The van der Waals surface area contributed by atoms with Crippen molar-refractivity contribution >= 4 is 17.6 Å². The molecule has 7 heteroatoms. The Morgan fingerprint density at radius 1 is 1.03 bits per heavy atom. The summed E-state index contributed by atoms with van der Waals surface area (Å²) in [5, 5.41) is 3.19. The third-order valence-electron chi connectivity index (χ3n) is 5.02. The van der Waals surface area contributed by atoms with Crippen molar-refractivity contribution in [1.29, 1.82) is 0 Å². The molecule has 1 heterocycles. The van der Waals surface area contributed by atoms with Gasteiger partial charge < -0.3 is 24.4 Å². The fourth-order valence-corrected chi connectivity index (χ4v) is 3.44. The van der Waals surface area contributed by atoms with Crippen molar-refractivity contribution in [1.82, 2.24) is 4.90 Å². The van der Waals surface area contributed by atoms with Gasteiger partial charge in [-0.05, 0) is 47.9 Å². The number of nitrogens with one attached hydrogen (secondary N) is 1. The maximum absolute atomic E-state index is 12.7. The largest absolute Gasteiger partial charge is 0.493 e. The number of rotatable bonds is 7. The van der Waals surface area contributed by atoms with Gasteiger partial charge in [-0.3, -0.25) is 4.79 Å². The molecule has 1 aliphatic rings. The van der Waals surface area contributed by atoms with Crippen molar-refractivity contribution in [2.45, 2.75) is 19.4 Å². The van der Waals surface area contributed by atoms with Gasteiger partial charge in [0.25, 0.3) is 0 Å². The third-order valence-corrected chi connectivity index (χ3v) is 5.02. The van der Waals surface area contributed by atoms with Crippen LogP contribution in [-0.4, -0.2) is 51.2 Å². The number of ether oxygens (including phenoxy) is 3. The monoisotopic (exact) mass is 398 g/mol. The lowest BCUT2D eigenvalue weighted by Crippen LogP contribution is -2.36. The molecule has 0 saturated heterocycles. The van der Waals surface area contributed by atoms with Gasteiger partial charge in [0, 0.05) is 31.7 Å². The second-order valence-electron chi connectivity index (χ2n) is 6.79. The Hall–Kier alpha value is -3.22. The summed E-state index contributed by atoms with van der Waals surface area (Å²) in [5.74, 6) is 1.09. The van der Waals surface area contributed by atoms with Crippen LogP contribution in [0, 0.1) is 0 Å². The minimum absolute atomic E-state index is 0.0852. The normalized spacial score (nSPS) is 12.7. The van der Waals surface area contributed by atoms with Gasteiger partial charge in [-0.15, -0.1) is 0 Å². The Balaban J connectivity index is 1.57. The molecule has 29 heavy (non-hydrogen) atoms. The lowest BCUT2D eigenvalue weighted by Gasteiger charge is -2.29. The topological polar surface area (TPSA) is 77.1 Å². The summed E-state index contributed by atoms with van der Waals surface area (Å²) in [6.45, 7) is 1.73. The van der Waals surface area contributed by atoms with Gasteiger partial charge in [-0.2, -0.15) is 0 Å². The van der Waals surface area contributed by atoms with Gasteiger partial charge in [0.05, 0.1) is 26.9 Å². The highest BCUT2D eigenvalue weighted by molar-refractivity contribution is 5.90. The van der Waals surface area contributed by atoms with Crippen LogP contribution in [0.2, 0.25) is 0 Å². The van der Waals surface area contributed by atoms with Gasteiger partial charge in [-0.25, -0.2) is 4.79 Å². The highest BCUT2D eigenvalue weighted by atomic mass is 16.5. The summed E-state index contributed by atoms with van der Waals surface area (Å²) in [5.41, 5.74) is 3.52. The van der Waals surface area contributed by atoms with Gasteiger partial charge in [0.2, 0.25) is 5.91 Å². The van der Waals surface area contributed by atoms with Gasteiger partial charge in [0.1, 0.15) is 0 Å². The van der Waals surface area contributed by atoms with Crippen LogP contribution < -0.4 is 14.8 Å². The highest BCUT2D eigenvalue weighted by Gasteiger charge is 2.22. The van der Waals surface area contributed by atoms with Crippen LogP contribution in [-0.2, 0) is 22.5 Å². The Labute approximate surface area is 170 Å². The molecule has 0 spiro atoms. The Morgan fingerprint density at radius 2 is 1.76 bits per heavy atom. The van der Waals surface area contributed by atoms with Crippen LogP contribution in [0.3, 0.4) is 0 Å².